The Morgan fingerprint density at radius 3 is 2.38 bits per heavy atom. The molecule has 0 radical (unpaired) electrons. The zero-order chi connectivity index (χ0) is 15.4. The summed E-state index contributed by atoms with van der Waals surface area (Å²) in [6.07, 6.45) is -0.634. The minimum atomic E-state index is -0.634. The van der Waals surface area contributed by atoms with Crippen molar-refractivity contribution in [1.82, 2.24) is 4.90 Å². The molecule has 4 heteroatoms. The van der Waals surface area contributed by atoms with E-state index in [1.54, 1.807) is 24.3 Å². The molecule has 0 bridgehead atoms. The number of hydrogen-bond donors (Lipinski definition) is 2. The van der Waals surface area contributed by atoms with Gasteiger partial charge < -0.3 is 10.8 Å². The number of nitrogens with two attached hydrogens (primary N) is 1. The molecule has 0 heterocycles. The molecule has 0 fully saturated rings. The molecule has 21 heavy (non-hydrogen) atoms. The molecule has 3 nitrogen and oxygen atoms in total. The number of hydrogen-bond acceptors (Lipinski definition) is 3. The lowest BCUT2D eigenvalue weighted by molar-refractivity contribution is 0.107. The van der Waals surface area contributed by atoms with Crippen molar-refractivity contribution < 1.29 is 9.50 Å². The Hall–Kier alpha value is -1.91. The zero-order valence-electron chi connectivity index (χ0n) is 12.3. The maximum Gasteiger partial charge on any atom is 0.127 e. The number of benzene rings is 2. The summed E-state index contributed by atoms with van der Waals surface area (Å²) in [7, 11) is 1.87. The van der Waals surface area contributed by atoms with Crippen LogP contribution in [0.15, 0.2) is 48.5 Å². The summed E-state index contributed by atoms with van der Waals surface area (Å²) in [4.78, 5) is 1.93. The molecule has 0 aliphatic carbocycles. The van der Waals surface area contributed by atoms with Gasteiger partial charge in [-0.1, -0.05) is 30.3 Å². The van der Waals surface area contributed by atoms with E-state index in [9.17, 15) is 9.50 Å². The van der Waals surface area contributed by atoms with Gasteiger partial charge in [-0.05, 0) is 37.7 Å². The molecule has 2 aromatic rings. The molecule has 2 unspecified atom stereocenters. The highest BCUT2D eigenvalue weighted by atomic mass is 19.1. The molecule has 0 aliphatic rings. The number of rotatable bonds is 5. The highest BCUT2D eigenvalue weighted by Gasteiger charge is 2.18. The van der Waals surface area contributed by atoms with Crippen LogP contribution in [0.5, 0.6) is 0 Å². The maximum absolute atomic E-state index is 13.8. The Morgan fingerprint density at radius 2 is 1.76 bits per heavy atom. The van der Waals surface area contributed by atoms with Gasteiger partial charge in [-0.25, -0.2) is 4.39 Å². The predicted molar refractivity (Wildman–Crippen MR) is 83.3 cm³/mol. The van der Waals surface area contributed by atoms with Gasteiger partial charge in [-0.3, -0.25) is 4.90 Å². The molecule has 0 aromatic heterocycles. The maximum atomic E-state index is 13.8. The summed E-state index contributed by atoms with van der Waals surface area (Å²) in [6, 6.07) is 13.7. The minimum absolute atomic E-state index is 0.116. The van der Waals surface area contributed by atoms with Crippen LogP contribution in [0.25, 0.3) is 0 Å². The normalized spacial score (nSPS) is 14.1. The van der Waals surface area contributed by atoms with E-state index < -0.39 is 6.10 Å². The second kappa shape index (κ2) is 6.70. The van der Waals surface area contributed by atoms with Gasteiger partial charge in [0.15, 0.2) is 0 Å². The molecule has 2 rings (SSSR count). The van der Waals surface area contributed by atoms with Gasteiger partial charge in [0.05, 0.1) is 6.10 Å². The third-order valence-corrected chi connectivity index (χ3v) is 3.80. The van der Waals surface area contributed by atoms with Crippen molar-refractivity contribution >= 4 is 5.69 Å². The van der Waals surface area contributed by atoms with Crippen LogP contribution in [-0.2, 0) is 0 Å². The smallest absolute Gasteiger partial charge is 0.127 e. The second-order valence-electron chi connectivity index (χ2n) is 5.32. The lowest BCUT2D eigenvalue weighted by Gasteiger charge is -2.27. The Bertz CT molecular complexity index is 586. The van der Waals surface area contributed by atoms with Gasteiger partial charge in [-0.2, -0.15) is 0 Å². The van der Waals surface area contributed by atoms with E-state index in [1.807, 2.05) is 37.1 Å². The second-order valence-corrected chi connectivity index (χ2v) is 5.32. The fraction of sp³-hybridized carbons (Fsp3) is 0.294. The molecule has 0 amide bonds. The van der Waals surface area contributed by atoms with Gasteiger partial charge >= 0.3 is 0 Å². The third-order valence-electron chi connectivity index (χ3n) is 3.80. The van der Waals surface area contributed by atoms with Crippen LogP contribution < -0.4 is 5.73 Å². The fourth-order valence-electron chi connectivity index (χ4n) is 2.31. The first-order valence-electron chi connectivity index (χ1n) is 6.97. The predicted octanol–water partition coefficient (Wildman–Crippen LogP) is 3.13. The summed E-state index contributed by atoms with van der Waals surface area (Å²) in [6.45, 7) is 2.34. The Kier molecular flexibility index (Phi) is 4.94. The summed E-state index contributed by atoms with van der Waals surface area (Å²) >= 11 is 0. The first kappa shape index (κ1) is 15.5. The lowest BCUT2D eigenvalue weighted by atomic mass is 10.0. The molecule has 3 N–H and O–H groups in total. The van der Waals surface area contributed by atoms with Crippen LogP contribution >= 0.6 is 0 Å². The number of nitrogen functional groups attached to an aromatic ring is 1. The number of anilines is 1. The highest BCUT2D eigenvalue weighted by Crippen LogP contribution is 2.24. The van der Waals surface area contributed by atoms with Crippen LogP contribution in [0.1, 0.15) is 30.2 Å². The van der Waals surface area contributed by atoms with Crippen LogP contribution in [-0.4, -0.2) is 23.6 Å². The van der Waals surface area contributed by atoms with Gasteiger partial charge in [-0.15, -0.1) is 0 Å². The van der Waals surface area contributed by atoms with Crippen molar-refractivity contribution in [2.75, 3.05) is 19.3 Å². The third kappa shape index (κ3) is 3.80. The van der Waals surface area contributed by atoms with Crippen molar-refractivity contribution in [2.24, 2.45) is 0 Å². The van der Waals surface area contributed by atoms with Crippen LogP contribution in [0, 0.1) is 5.82 Å². The van der Waals surface area contributed by atoms with E-state index in [1.165, 1.54) is 6.07 Å². The van der Waals surface area contributed by atoms with Crippen LogP contribution in [0.4, 0.5) is 10.1 Å². The zero-order valence-corrected chi connectivity index (χ0v) is 12.3. The molecule has 112 valence electrons. The fourth-order valence-corrected chi connectivity index (χ4v) is 2.31. The average Bonchev–Trinajstić information content (AvgIpc) is 2.47. The highest BCUT2D eigenvalue weighted by molar-refractivity contribution is 5.39. The Morgan fingerprint density at radius 1 is 1.14 bits per heavy atom. The van der Waals surface area contributed by atoms with Crippen molar-refractivity contribution in [1.29, 1.82) is 0 Å². The summed E-state index contributed by atoms with van der Waals surface area (Å²) in [5, 5.41) is 10.3. The minimum Gasteiger partial charge on any atom is -0.399 e. The first-order chi connectivity index (χ1) is 9.99. The molecule has 2 aromatic carbocycles. The van der Waals surface area contributed by atoms with Crippen molar-refractivity contribution in [3.8, 4) is 0 Å². The van der Waals surface area contributed by atoms with Gasteiger partial charge in [0.2, 0.25) is 0 Å². The van der Waals surface area contributed by atoms with E-state index in [2.05, 4.69) is 0 Å². The van der Waals surface area contributed by atoms with Crippen molar-refractivity contribution in [2.45, 2.75) is 19.1 Å². The number of aliphatic hydroxyl groups excluding tert-OH is 1. The SMILES string of the molecule is CC(c1ccccc1F)N(C)CC(O)c1ccc(N)cc1. The monoisotopic (exact) mass is 288 g/mol. The van der Waals surface area contributed by atoms with Gasteiger partial charge in [0.25, 0.3) is 0 Å². The summed E-state index contributed by atoms with van der Waals surface area (Å²) in [5.41, 5.74) is 7.73. The Balaban J connectivity index is 2.05. The molecule has 0 saturated carbocycles. The number of halogens is 1. The van der Waals surface area contributed by atoms with Crippen LogP contribution in [0.3, 0.4) is 0 Å². The van der Waals surface area contributed by atoms with Gasteiger partial charge in [0, 0.05) is 23.8 Å². The number of aliphatic hydroxyl groups is 1. The van der Waals surface area contributed by atoms with E-state index in [0.29, 0.717) is 17.8 Å². The lowest BCUT2D eigenvalue weighted by Crippen LogP contribution is -2.28. The molecular weight excluding hydrogens is 267 g/mol. The topological polar surface area (TPSA) is 49.5 Å². The van der Waals surface area contributed by atoms with E-state index in [4.69, 9.17) is 5.73 Å². The largest absolute Gasteiger partial charge is 0.399 e. The van der Waals surface area contributed by atoms with Gasteiger partial charge in [0.1, 0.15) is 5.82 Å². The molecular formula is C17H21FN2O. The summed E-state index contributed by atoms with van der Waals surface area (Å²) < 4.78 is 13.8. The molecule has 0 saturated heterocycles. The molecule has 2 atom stereocenters. The Labute approximate surface area is 124 Å². The van der Waals surface area contributed by atoms with E-state index in [0.717, 1.165) is 5.56 Å². The average molecular weight is 288 g/mol. The van der Waals surface area contributed by atoms with E-state index >= 15 is 0 Å². The molecule has 0 aliphatic heterocycles. The number of nitrogens with zero attached hydrogens (tertiary/aromatic N) is 1. The van der Waals surface area contributed by atoms with E-state index in [-0.39, 0.29) is 11.9 Å². The van der Waals surface area contributed by atoms with Crippen LogP contribution in [0.2, 0.25) is 0 Å². The number of likely N-dealkylation sites (N-methyl/N-ethyl adjacent to an activating group) is 1. The summed E-state index contributed by atoms with van der Waals surface area (Å²) in [5.74, 6) is -0.223. The standard InChI is InChI=1S/C17H21FN2O/c1-12(15-5-3-4-6-16(15)18)20(2)11-17(21)13-7-9-14(19)10-8-13/h3-10,12,17,21H,11,19H2,1-2H3. The van der Waals surface area contributed by atoms with Crippen molar-refractivity contribution in [3.63, 3.8) is 0 Å². The quantitative estimate of drug-likeness (QED) is 0.831. The molecule has 0 spiro atoms. The first-order valence-corrected chi connectivity index (χ1v) is 6.97. The van der Waals surface area contributed by atoms with Crippen molar-refractivity contribution in [3.05, 3.63) is 65.5 Å².